The van der Waals surface area contributed by atoms with E-state index < -0.39 is 0 Å². The van der Waals surface area contributed by atoms with Crippen LogP contribution in [-0.4, -0.2) is 0 Å². The van der Waals surface area contributed by atoms with E-state index in [1.807, 2.05) is 18.2 Å². The topological polar surface area (TPSA) is 0 Å². The molecule has 0 aliphatic heterocycles. The molecule has 0 nitrogen and oxygen atoms in total. The third-order valence-electron chi connectivity index (χ3n) is 1.90. The van der Waals surface area contributed by atoms with Crippen molar-refractivity contribution in [2.24, 2.45) is 0 Å². The Morgan fingerprint density at radius 2 is 1.93 bits per heavy atom. The van der Waals surface area contributed by atoms with Crippen molar-refractivity contribution < 1.29 is 0 Å². The maximum atomic E-state index is 3.51. The highest BCUT2D eigenvalue weighted by Crippen LogP contribution is 2.19. The van der Waals surface area contributed by atoms with E-state index in [4.69, 9.17) is 0 Å². The highest BCUT2D eigenvalue weighted by molar-refractivity contribution is 9.10. The van der Waals surface area contributed by atoms with Crippen LogP contribution < -0.4 is 0 Å². The minimum absolute atomic E-state index is 1.13. The average molecular weight is 265 g/mol. The van der Waals surface area contributed by atoms with E-state index in [1.165, 1.54) is 11.1 Å². The van der Waals surface area contributed by atoms with Gasteiger partial charge in [-0.2, -0.15) is 11.3 Å². The number of hydrogen-bond acceptors (Lipinski definition) is 1. The van der Waals surface area contributed by atoms with Gasteiger partial charge in [0.05, 0.1) is 0 Å². The molecule has 2 heteroatoms. The Kier molecular flexibility index (Phi) is 3.17. The lowest BCUT2D eigenvalue weighted by atomic mass is 10.2. The summed E-state index contributed by atoms with van der Waals surface area (Å²) >= 11 is 5.23. The minimum atomic E-state index is 1.13. The molecule has 0 saturated carbocycles. The Morgan fingerprint density at radius 3 is 2.64 bits per heavy atom. The Bertz CT molecular complexity index is 429. The molecule has 1 aromatic heterocycles. The molecule has 1 aromatic carbocycles. The van der Waals surface area contributed by atoms with Gasteiger partial charge in [-0.15, -0.1) is 0 Å². The van der Waals surface area contributed by atoms with Gasteiger partial charge in [-0.1, -0.05) is 46.3 Å². The highest BCUT2D eigenvalue weighted by Gasteiger charge is 1.92. The third-order valence-corrected chi connectivity index (χ3v) is 3.33. The zero-order valence-corrected chi connectivity index (χ0v) is 9.88. The summed E-state index contributed by atoms with van der Waals surface area (Å²) in [7, 11) is 0. The van der Waals surface area contributed by atoms with Gasteiger partial charge in [0, 0.05) is 4.47 Å². The van der Waals surface area contributed by atoms with Crippen LogP contribution in [0.4, 0.5) is 0 Å². The second-order valence-electron chi connectivity index (χ2n) is 2.91. The van der Waals surface area contributed by atoms with Crippen LogP contribution in [0, 0.1) is 0 Å². The van der Waals surface area contributed by atoms with Crippen molar-refractivity contribution >= 4 is 39.4 Å². The molecule has 1 heterocycles. The Balaban J connectivity index is 2.23. The first-order chi connectivity index (χ1) is 6.86. The van der Waals surface area contributed by atoms with Crippen molar-refractivity contribution in [2.75, 3.05) is 0 Å². The van der Waals surface area contributed by atoms with E-state index in [2.05, 4.69) is 51.0 Å². The van der Waals surface area contributed by atoms with E-state index in [1.54, 1.807) is 11.3 Å². The largest absolute Gasteiger partial charge is 0.152 e. The number of benzene rings is 1. The fraction of sp³-hybridized carbons (Fsp3) is 0. The van der Waals surface area contributed by atoms with Crippen molar-refractivity contribution in [3.05, 3.63) is 56.7 Å². The van der Waals surface area contributed by atoms with Crippen molar-refractivity contribution in [3.8, 4) is 0 Å². The van der Waals surface area contributed by atoms with Gasteiger partial charge in [-0.05, 0) is 34.0 Å². The fourth-order valence-corrected chi connectivity index (χ4v) is 2.21. The van der Waals surface area contributed by atoms with Crippen molar-refractivity contribution in [1.29, 1.82) is 0 Å². The minimum Gasteiger partial charge on any atom is -0.152 e. The summed E-state index contributed by atoms with van der Waals surface area (Å²) in [4.78, 5) is 0. The first-order valence-corrected chi connectivity index (χ1v) is 6.04. The molecule has 0 N–H and O–H groups in total. The normalized spacial score (nSPS) is 10.9. The molecule has 2 rings (SSSR count). The zero-order valence-electron chi connectivity index (χ0n) is 7.48. The van der Waals surface area contributed by atoms with Crippen LogP contribution >= 0.6 is 27.3 Å². The third kappa shape index (κ3) is 2.34. The van der Waals surface area contributed by atoms with E-state index in [9.17, 15) is 0 Å². The fourth-order valence-electron chi connectivity index (χ4n) is 1.17. The molecule has 0 aliphatic carbocycles. The monoisotopic (exact) mass is 264 g/mol. The molecule has 0 aliphatic rings. The van der Waals surface area contributed by atoms with Crippen molar-refractivity contribution in [2.45, 2.75) is 0 Å². The Hall–Kier alpha value is -0.860. The lowest BCUT2D eigenvalue weighted by molar-refractivity contribution is 1.61. The smallest absolute Gasteiger partial charge is 0.0247 e. The number of hydrogen-bond donors (Lipinski definition) is 0. The number of rotatable bonds is 2. The molecule has 0 bridgehead atoms. The molecule has 0 saturated heterocycles. The summed E-state index contributed by atoms with van der Waals surface area (Å²) in [6, 6.07) is 10.3. The van der Waals surface area contributed by atoms with Gasteiger partial charge in [0.15, 0.2) is 0 Å². The molecule has 0 amide bonds. The molecular weight excluding hydrogens is 256 g/mol. The lowest BCUT2D eigenvalue weighted by Gasteiger charge is -1.95. The second kappa shape index (κ2) is 4.58. The van der Waals surface area contributed by atoms with Gasteiger partial charge in [0.25, 0.3) is 0 Å². The van der Waals surface area contributed by atoms with E-state index in [0.717, 1.165) is 4.47 Å². The van der Waals surface area contributed by atoms with E-state index >= 15 is 0 Å². The highest BCUT2D eigenvalue weighted by atomic mass is 79.9. The van der Waals surface area contributed by atoms with Gasteiger partial charge < -0.3 is 0 Å². The summed E-state index contributed by atoms with van der Waals surface area (Å²) < 4.78 is 1.13. The van der Waals surface area contributed by atoms with Crippen LogP contribution in [0.15, 0.2) is 45.6 Å². The molecule has 2 aromatic rings. The number of halogens is 1. The summed E-state index contributed by atoms with van der Waals surface area (Å²) in [5.41, 5.74) is 2.46. The van der Waals surface area contributed by atoms with Crippen molar-refractivity contribution in [3.63, 3.8) is 0 Å². The van der Waals surface area contributed by atoms with Gasteiger partial charge >= 0.3 is 0 Å². The molecule has 70 valence electrons. The SMILES string of the molecule is Brc1ccccc1/C=C\c1ccsc1. The molecule has 0 spiro atoms. The van der Waals surface area contributed by atoms with Crippen LogP contribution in [0.5, 0.6) is 0 Å². The summed E-state index contributed by atoms with van der Waals surface area (Å²) in [6.45, 7) is 0. The first kappa shape index (κ1) is 9.69. The maximum absolute atomic E-state index is 3.51. The standard InChI is InChI=1S/C12H9BrS/c13-12-4-2-1-3-11(12)6-5-10-7-8-14-9-10/h1-9H/b6-5-. The lowest BCUT2D eigenvalue weighted by Crippen LogP contribution is -1.72. The molecule has 0 atom stereocenters. The van der Waals surface area contributed by atoms with Crippen LogP contribution in [0.2, 0.25) is 0 Å². The predicted molar refractivity (Wildman–Crippen MR) is 67.4 cm³/mol. The summed E-state index contributed by atoms with van der Waals surface area (Å²) in [5, 5.41) is 4.22. The average Bonchev–Trinajstić information content (AvgIpc) is 2.69. The quantitative estimate of drug-likeness (QED) is 0.739. The molecular formula is C12H9BrS. The van der Waals surface area contributed by atoms with E-state index in [0.29, 0.717) is 0 Å². The van der Waals surface area contributed by atoms with E-state index in [-0.39, 0.29) is 0 Å². The van der Waals surface area contributed by atoms with Crippen LogP contribution in [0.3, 0.4) is 0 Å². The molecule has 0 fully saturated rings. The van der Waals surface area contributed by atoms with Gasteiger partial charge in [-0.3, -0.25) is 0 Å². The predicted octanol–water partition coefficient (Wildman–Crippen LogP) is 4.68. The second-order valence-corrected chi connectivity index (χ2v) is 4.55. The van der Waals surface area contributed by atoms with Crippen LogP contribution in [-0.2, 0) is 0 Å². The zero-order chi connectivity index (χ0) is 9.80. The summed E-state index contributed by atoms with van der Waals surface area (Å²) in [5.74, 6) is 0. The van der Waals surface area contributed by atoms with Gasteiger partial charge in [-0.25, -0.2) is 0 Å². The molecule has 0 unspecified atom stereocenters. The Morgan fingerprint density at radius 1 is 1.07 bits per heavy atom. The van der Waals surface area contributed by atoms with Gasteiger partial charge in [0.1, 0.15) is 0 Å². The van der Waals surface area contributed by atoms with Crippen molar-refractivity contribution in [1.82, 2.24) is 0 Å². The first-order valence-electron chi connectivity index (χ1n) is 4.31. The summed E-state index contributed by atoms with van der Waals surface area (Å²) in [6.07, 6.45) is 4.24. The number of thiophene rings is 1. The Labute approximate surface area is 96.0 Å². The van der Waals surface area contributed by atoms with Gasteiger partial charge in [0.2, 0.25) is 0 Å². The maximum Gasteiger partial charge on any atom is 0.0247 e. The van der Waals surface area contributed by atoms with Crippen LogP contribution in [0.1, 0.15) is 11.1 Å². The molecule has 14 heavy (non-hydrogen) atoms. The molecule has 0 radical (unpaired) electrons. The van der Waals surface area contributed by atoms with Crippen LogP contribution in [0.25, 0.3) is 12.2 Å².